The molecule has 0 saturated carbocycles. The van der Waals surface area contributed by atoms with Gasteiger partial charge in [0.1, 0.15) is 0 Å². The van der Waals surface area contributed by atoms with Crippen LogP contribution in [0, 0.1) is 0 Å². The van der Waals surface area contributed by atoms with Gasteiger partial charge in [0, 0.05) is 18.1 Å². The summed E-state index contributed by atoms with van der Waals surface area (Å²) in [7, 11) is -7.27. The summed E-state index contributed by atoms with van der Waals surface area (Å²) in [5, 5.41) is -0.300. The van der Waals surface area contributed by atoms with Gasteiger partial charge in [0.25, 0.3) is 0 Å². The lowest BCUT2D eigenvalue weighted by molar-refractivity contribution is 0.476. The zero-order valence-corrected chi connectivity index (χ0v) is 15.1. The minimum atomic E-state index is -3.67. The molecule has 0 aromatic heterocycles. The Morgan fingerprint density at radius 2 is 1.50 bits per heavy atom. The van der Waals surface area contributed by atoms with Gasteiger partial charge in [-0.25, -0.2) is 16.8 Å². The van der Waals surface area contributed by atoms with Crippen LogP contribution in [0.25, 0.3) is 0 Å². The first kappa shape index (κ1) is 17.4. The number of rotatable bonds is 4. The lowest BCUT2D eigenvalue weighted by Crippen LogP contribution is -2.32. The molecule has 0 bridgehead atoms. The summed E-state index contributed by atoms with van der Waals surface area (Å²) in [4.78, 5) is 0.338. The first-order valence-electron chi connectivity index (χ1n) is 7.36. The van der Waals surface area contributed by atoms with E-state index < -0.39 is 25.1 Å². The minimum Gasteiger partial charge on any atom is -0.223 e. The number of hydrogen-bond donors (Lipinski definition) is 0. The van der Waals surface area contributed by atoms with Crippen molar-refractivity contribution in [3.8, 4) is 0 Å². The van der Waals surface area contributed by atoms with E-state index in [1.807, 2.05) is 0 Å². The van der Waals surface area contributed by atoms with E-state index in [9.17, 15) is 16.8 Å². The summed E-state index contributed by atoms with van der Waals surface area (Å²) in [5.41, 5.74) is 0. The van der Waals surface area contributed by atoms with Crippen molar-refractivity contribution in [1.29, 1.82) is 0 Å². The number of sulfone groups is 1. The maximum Gasteiger partial charge on any atom is 0.243 e. The van der Waals surface area contributed by atoms with Gasteiger partial charge in [-0.05, 0) is 42.8 Å². The van der Waals surface area contributed by atoms with Gasteiger partial charge in [-0.15, -0.1) is 0 Å². The Kier molecular flexibility index (Phi) is 4.70. The van der Waals surface area contributed by atoms with Crippen LogP contribution in [-0.2, 0) is 19.9 Å². The van der Waals surface area contributed by atoms with Crippen LogP contribution in [0.4, 0.5) is 0 Å². The number of sulfonamides is 1. The summed E-state index contributed by atoms with van der Waals surface area (Å²) in [5.74, 6) is 0. The van der Waals surface area contributed by atoms with Crippen LogP contribution in [0.3, 0.4) is 0 Å². The highest BCUT2D eigenvalue weighted by Gasteiger charge is 2.39. The fraction of sp³-hybridized carbons (Fsp3) is 0.250. The van der Waals surface area contributed by atoms with E-state index in [1.165, 1.54) is 40.7 Å². The largest absolute Gasteiger partial charge is 0.243 e. The predicted molar refractivity (Wildman–Crippen MR) is 92.2 cm³/mol. The van der Waals surface area contributed by atoms with E-state index in [1.54, 1.807) is 18.2 Å². The average molecular weight is 386 g/mol. The highest BCUT2D eigenvalue weighted by molar-refractivity contribution is 7.92. The van der Waals surface area contributed by atoms with Crippen molar-refractivity contribution in [2.24, 2.45) is 0 Å². The van der Waals surface area contributed by atoms with Crippen LogP contribution in [-0.4, -0.2) is 39.5 Å². The van der Waals surface area contributed by atoms with Crippen LogP contribution in [0.1, 0.15) is 6.42 Å². The van der Waals surface area contributed by atoms with Gasteiger partial charge in [0.15, 0.2) is 9.84 Å². The first-order valence-corrected chi connectivity index (χ1v) is 10.7. The zero-order valence-electron chi connectivity index (χ0n) is 12.7. The number of hydrogen-bond acceptors (Lipinski definition) is 4. The molecular weight excluding hydrogens is 370 g/mol. The van der Waals surface area contributed by atoms with Crippen LogP contribution < -0.4 is 0 Å². The molecule has 1 aliphatic rings. The highest BCUT2D eigenvalue weighted by atomic mass is 35.5. The second kappa shape index (κ2) is 6.48. The minimum absolute atomic E-state index is 0.0395. The predicted octanol–water partition coefficient (Wildman–Crippen LogP) is 2.58. The van der Waals surface area contributed by atoms with E-state index in [2.05, 4.69) is 0 Å². The molecule has 1 aliphatic heterocycles. The third-order valence-corrected chi connectivity index (χ3v) is 8.39. The number of benzene rings is 2. The van der Waals surface area contributed by atoms with Crippen molar-refractivity contribution >= 4 is 31.5 Å². The molecule has 0 amide bonds. The molecule has 1 fully saturated rings. The molecule has 128 valence electrons. The van der Waals surface area contributed by atoms with Gasteiger partial charge in [-0.2, -0.15) is 4.31 Å². The van der Waals surface area contributed by atoms with Crippen molar-refractivity contribution in [1.82, 2.24) is 4.31 Å². The second-order valence-corrected chi connectivity index (χ2v) is 10.2. The first-order chi connectivity index (χ1) is 11.3. The normalized spacial score (nSPS) is 19.5. The second-order valence-electron chi connectivity index (χ2n) is 5.59. The lowest BCUT2D eigenvalue weighted by Gasteiger charge is -2.17. The van der Waals surface area contributed by atoms with Crippen molar-refractivity contribution in [2.45, 2.75) is 21.5 Å². The molecule has 1 unspecified atom stereocenters. The molecular formula is C16H16ClNO4S2. The van der Waals surface area contributed by atoms with Crippen molar-refractivity contribution < 1.29 is 16.8 Å². The Labute approximate surface area is 146 Å². The van der Waals surface area contributed by atoms with Gasteiger partial charge in [-0.1, -0.05) is 29.8 Å². The quantitative estimate of drug-likeness (QED) is 0.810. The van der Waals surface area contributed by atoms with Crippen molar-refractivity contribution in [3.63, 3.8) is 0 Å². The van der Waals surface area contributed by atoms with Crippen LogP contribution in [0.2, 0.25) is 5.02 Å². The summed E-state index contributed by atoms with van der Waals surface area (Å²) in [6.45, 7) is 0.150. The van der Waals surface area contributed by atoms with Gasteiger partial charge in [0.05, 0.1) is 15.0 Å². The Balaban J connectivity index is 1.84. The van der Waals surface area contributed by atoms with Crippen LogP contribution >= 0.6 is 11.6 Å². The highest BCUT2D eigenvalue weighted by Crippen LogP contribution is 2.28. The van der Waals surface area contributed by atoms with Crippen LogP contribution in [0.5, 0.6) is 0 Å². The molecule has 2 aromatic carbocycles. The third-order valence-electron chi connectivity index (χ3n) is 4.07. The van der Waals surface area contributed by atoms with Crippen molar-refractivity contribution in [3.05, 3.63) is 59.6 Å². The fourth-order valence-corrected chi connectivity index (χ4v) is 6.16. The molecule has 5 nitrogen and oxygen atoms in total. The topological polar surface area (TPSA) is 71.5 Å². The molecule has 0 spiro atoms. The molecule has 1 heterocycles. The fourth-order valence-electron chi connectivity index (χ4n) is 2.73. The third kappa shape index (κ3) is 3.21. The van der Waals surface area contributed by atoms with Crippen LogP contribution in [0.15, 0.2) is 64.4 Å². The molecule has 2 aromatic rings. The smallest absolute Gasteiger partial charge is 0.223 e. The molecule has 3 rings (SSSR count). The average Bonchev–Trinajstić information content (AvgIpc) is 3.08. The van der Waals surface area contributed by atoms with Gasteiger partial charge in [-0.3, -0.25) is 0 Å². The molecule has 0 radical (unpaired) electrons. The van der Waals surface area contributed by atoms with E-state index in [-0.39, 0.29) is 29.3 Å². The zero-order chi connectivity index (χ0) is 17.4. The molecule has 8 heteroatoms. The van der Waals surface area contributed by atoms with Gasteiger partial charge < -0.3 is 0 Å². The molecule has 24 heavy (non-hydrogen) atoms. The Morgan fingerprint density at radius 1 is 0.875 bits per heavy atom. The number of nitrogens with zero attached hydrogens (tertiary/aromatic N) is 1. The van der Waals surface area contributed by atoms with E-state index in [0.717, 1.165) is 0 Å². The Morgan fingerprint density at radius 3 is 2.12 bits per heavy atom. The SMILES string of the molecule is O=S(=O)(c1ccc(Cl)cc1)C1CCN(S(=O)(=O)c2ccccc2)C1. The van der Waals surface area contributed by atoms with Crippen molar-refractivity contribution in [2.75, 3.05) is 13.1 Å². The molecule has 0 N–H and O–H groups in total. The maximum absolute atomic E-state index is 12.7. The molecule has 1 atom stereocenters. The Bertz CT molecular complexity index is 926. The van der Waals surface area contributed by atoms with E-state index in [4.69, 9.17) is 11.6 Å². The standard InChI is InChI=1S/C16H16ClNO4S2/c17-13-6-8-14(9-7-13)23(19,20)16-10-11-18(12-16)24(21,22)15-4-2-1-3-5-15/h1-9,16H,10-12H2. The Hall–Kier alpha value is -1.41. The summed E-state index contributed by atoms with van der Waals surface area (Å²) in [6.07, 6.45) is 0.275. The summed E-state index contributed by atoms with van der Waals surface area (Å²) in [6, 6.07) is 14.0. The lowest BCUT2D eigenvalue weighted by atomic mass is 10.4. The summed E-state index contributed by atoms with van der Waals surface area (Å²) < 4.78 is 51.8. The van der Waals surface area contributed by atoms with E-state index in [0.29, 0.717) is 5.02 Å². The van der Waals surface area contributed by atoms with Gasteiger partial charge >= 0.3 is 0 Å². The van der Waals surface area contributed by atoms with E-state index >= 15 is 0 Å². The summed E-state index contributed by atoms with van der Waals surface area (Å²) >= 11 is 5.79. The maximum atomic E-state index is 12.7. The molecule has 0 aliphatic carbocycles. The number of halogens is 1. The molecule has 1 saturated heterocycles. The monoisotopic (exact) mass is 385 g/mol. The van der Waals surface area contributed by atoms with Gasteiger partial charge in [0.2, 0.25) is 10.0 Å².